The zero-order chi connectivity index (χ0) is 15.4. The van der Waals surface area contributed by atoms with Crippen LogP contribution in [0.5, 0.6) is 0 Å². The molecule has 0 heterocycles. The van der Waals surface area contributed by atoms with Gasteiger partial charge >= 0.3 is 0 Å². The molecule has 2 rings (SSSR count). The molecule has 0 aliphatic carbocycles. The van der Waals surface area contributed by atoms with Crippen LogP contribution in [0.1, 0.15) is 15.9 Å². The fourth-order valence-electron chi connectivity index (χ4n) is 1.66. The molecule has 5 nitrogen and oxygen atoms in total. The first-order valence-corrected chi connectivity index (χ1v) is 6.61. The number of nitrogens with zero attached hydrogens (tertiary/aromatic N) is 1. The third-order valence-corrected chi connectivity index (χ3v) is 3.27. The summed E-state index contributed by atoms with van der Waals surface area (Å²) < 4.78 is 0. The SMILES string of the molecule is N/C(=N/O)c1ccc(Cl)c(NC(=O)c2cccc(Cl)c2)c1. The van der Waals surface area contributed by atoms with Gasteiger partial charge in [0.25, 0.3) is 5.91 Å². The molecule has 0 aliphatic rings. The number of benzene rings is 2. The summed E-state index contributed by atoms with van der Waals surface area (Å²) in [5.41, 5.74) is 6.68. The topological polar surface area (TPSA) is 87.7 Å². The van der Waals surface area contributed by atoms with Crippen molar-refractivity contribution in [1.29, 1.82) is 0 Å². The summed E-state index contributed by atoms with van der Waals surface area (Å²) in [5.74, 6) is -0.444. The van der Waals surface area contributed by atoms with E-state index in [-0.39, 0.29) is 11.7 Å². The smallest absolute Gasteiger partial charge is 0.255 e. The number of halogens is 2. The first-order valence-electron chi connectivity index (χ1n) is 5.85. The van der Waals surface area contributed by atoms with Crippen molar-refractivity contribution in [3.05, 3.63) is 63.6 Å². The van der Waals surface area contributed by atoms with E-state index in [0.29, 0.717) is 26.9 Å². The highest BCUT2D eigenvalue weighted by Gasteiger charge is 2.11. The molecular weight excluding hydrogens is 313 g/mol. The van der Waals surface area contributed by atoms with E-state index in [2.05, 4.69) is 10.5 Å². The fraction of sp³-hybridized carbons (Fsp3) is 0. The highest BCUT2D eigenvalue weighted by atomic mass is 35.5. The van der Waals surface area contributed by atoms with Crippen molar-refractivity contribution < 1.29 is 10.0 Å². The third-order valence-electron chi connectivity index (χ3n) is 2.70. The Morgan fingerprint density at radius 1 is 1.14 bits per heavy atom. The molecule has 0 saturated heterocycles. The van der Waals surface area contributed by atoms with Gasteiger partial charge in [-0.1, -0.05) is 34.4 Å². The van der Waals surface area contributed by atoms with Crippen LogP contribution in [0.2, 0.25) is 10.0 Å². The van der Waals surface area contributed by atoms with Crippen molar-refractivity contribution in [2.75, 3.05) is 5.32 Å². The molecule has 0 unspecified atom stereocenters. The van der Waals surface area contributed by atoms with Crippen LogP contribution in [-0.2, 0) is 0 Å². The molecule has 2 aromatic rings. The second-order valence-corrected chi connectivity index (χ2v) is 4.99. The van der Waals surface area contributed by atoms with E-state index >= 15 is 0 Å². The lowest BCUT2D eigenvalue weighted by atomic mass is 10.1. The molecule has 0 aromatic heterocycles. The summed E-state index contributed by atoms with van der Waals surface area (Å²) >= 11 is 11.9. The average Bonchev–Trinajstić information content (AvgIpc) is 2.48. The van der Waals surface area contributed by atoms with Gasteiger partial charge < -0.3 is 16.3 Å². The van der Waals surface area contributed by atoms with Gasteiger partial charge in [0, 0.05) is 16.1 Å². The zero-order valence-corrected chi connectivity index (χ0v) is 12.2. The number of anilines is 1. The van der Waals surface area contributed by atoms with Crippen LogP contribution < -0.4 is 11.1 Å². The Labute approximate surface area is 131 Å². The predicted molar refractivity (Wildman–Crippen MR) is 83.4 cm³/mol. The minimum Gasteiger partial charge on any atom is -0.409 e. The molecule has 21 heavy (non-hydrogen) atoms. The zero-order valence-electron chi connectivity index (χ0n) is 10.7. The quantitative estimate of drug-likeness (QED) is 0.350. The van der Waals surface area contributed by atoms with Crippen molar-refractivity contribution in [2.24, 2.45) is 10.9 Å². The summed E-state index contributed by atoms with van der Waals surface area (Å²) in [6.07, 6.45) is 0. The number of rotatable bonds is 3. The standard InChI is InChI=1S/C14H11Cl2N3O2/c15-10-3-1-2-9(6-10)14(20)18-12-7-8(13(17)19-21)4-5-11(12)16/h1-7,21H,(H2,17,19)(H,18,20). The molecular formula is C14H11Cl2N3O2. The number of nitrogens with two attached hydrogens (primary N) is 1. The van der Waals surface area contributed by atoms with Crippen molar-refractivity contribution in [2.45, 2.75) is 0 Å². The second kappa shape index (κ2) is 6.47. The number of carbonyl (C=O) groups is 1. The van der Waals surface area contributed by atoms with Crippen LogP contribution in [0.25, 0.3) is 0 Å². The summed E-state index contributed by atoms with van der Waals surface area (Å²) in [6.45, 7) is 0. The number of hydrogen-bond donors (Lipinski definition) is 3. The van der Waals surface area contributed by atoms with Crippen LogP contribution >= 0.6 is 23.2 Å². The monoisotopic (exact) mass is 323 g/mol. The highest BCUT2D eigenvalue weighted by Crippen LogP contribution is 2.24. The van der Waals surface area contributed by atoms with Crippen molar-refractivity contribution in [3.8, 4) is 0 Å². The molecule has 1 amide bonds. The van der Waals surface area contributed by atoms with E-state index in [1.54, 1.807) is 30.3 Å². The molecule has 4 N–H and O–H groups in total. The van der Waals surface area contributed by atoms with Crippen molar-refractivity contribution in [1.82, 2.24) is 0 Å². The van der Waals surface area contributed by atoms with Gasteiger partial charge in [-0.2, -0.15) is 0 Å². The van der Waals surface area contributed by atoms with Gasteiger partial charge in [0.15, 0.2) is 5.84 Å². The van der Waals surface area contributed by atoms with E-state index in [1.165, 1.54) is 12.1 Å². The summed E-state index contributed by atoms with van der Waals surface area (Å²) in [7, 11) is 0. The Morgan fingerprint density at radius 3 is 2.57 bits per heavy atom. The Kier molecular flexibility index (Phi) is 4.67. The molecule has 0 spiro atoms. The van der Waals surface area contributed by atoms with Gasteiger partial charge in [-0.25, -0.2) is 0 Å². The predicted octanol–water partition coefficient (Wildman–Crippen LogP) is 3.34. The van der Waals surface area contributed by atoms with E-state index in [4.69, 9.17) is 34.1 Å². The van der Waals surface area contributed by atoms with Gasteiger partial charge in [-0.3, -0.25) is 4.79 Å². The molecule has 0 fully saturated rings. The first-order chi connectivity index (χ1) is 10.0. The van der Waals surface area contributed by atoms with E-state index in [1.807, 2.05) is 0 Å². The van der Waals surface area contributed by atoms with E-state index < -0.39 is 0 Å². The summed E-state index contributed by atoms with van der Waals surface area (Å²) in [4.78, 5) is 12.1. The number of carbonyl (C=O) groups excluding carboxylic acids is 1. The lowest BCUT2D eigenvalue weighted by molar-refractivity contribution is 0.102. The molecule has 0 radical (unpaired) electrons. The van der Waals surface area contributed by atoms with E-state index in [0.717, 1.165) is 0 Å². The summed E-state index contributed by atoms with van der Waals surface area (Å²) in [6, 6.07) is 11.1. The molecule has 0 saturated carbocycles. The van der Waals surface area contributed by atoms with Crippen LogP contribution in [-0.4, -0.2) is 17.0 Å². The van der Waals surface area contributed by atoms with Gasteiger partial charge in [0.2, 0.25) is 0 Å². The minimum absolute atomic E-state index is 0.0788. The minimum atomic E-state index is -0.365. The number of hydrogen-bond acceptors (Lipinski definition) is 3. The van der Waals surface area contributed by atoms with Gasteiger partial charge in [0.05, 0.1) is 10.7 Å². The maximum Gasteiger partial charge on any atom is 0.255 e. The first kappa shape index (κ1) is 15.2. The van der Waals surface area contributed by atoms with Crippen LogP contribution in [0.4, 0.5) is 5.69 Å². The molecule has 2 aromatic carbocycles. The number of amides is 1. The maximum absolute atomic E-state index is 12.1. The normalized spacial score (nSPS) is 11.2. The number of nitrogens with one attached hydrogen (secondary N) is 1. The average molecular weight is 324 g/mol. The molecule has 108 valence electrons. The van der Waals surface area contributed by atoms with Crippen LogP contribution in [0.15, 0.2) is 47.6 Å². The molecule has 7 heteroatoms. The van der Waals surface area contributed by atoms with Crippen LogP contribution in [0, 0.1) is 0 Å². The summed E-state index contributed by atoms with van der Waals surface area (Å²) in [5, 5.41) is 15.0. The Bertz CT molecular complexity index is 717. The van der Waals surface area contributed by atoms with Crippen molar-refractivity contribution in [3.63, 3.8) is 0 Å². The number of oxime groups is 1. The molecule has 0 atom stereocenters. The van der Waals surface area contributed by atoms with Crippen molar-refractivity contribution >= 4 is 40.6 Å². The lowest BCUT2D eigenvalue weighted by Gasteiger charge is -2.09. The fourth-order valence-corrected chi connectivity index (χ4v) is 2.02. The Morgan fingerprint density at radius 2 is 1.90 bits per heavy atom. The van der Waals surface area contributed by atoms with Gasteiger partial charge in [-0.05, 0) is 36.4 Å². The second-order valence-electron chi connectivity index (χ2n) is 4.14. The largest absolute Gasteiger partial charge is 0.409 e. The highest BCUT2D eigenvalue weighted by molar-refractivity contribution is 6.34. The lowest BCUT2D eigenvalue weighted by Crippen LogP contribution is -2.15. The van der Waals surface area contributed by atoms with Crippen LogP contribution in [0.3, 0.4) is 0 Å². The number of amidine groups is 1. The van der Waals surface area contributed by atoms with E-state index in [9.17, 15) is 4.79 Å². The molecule has 0 aliphatic heterocycles. The Balaban J connectivity index is 2.29. The Hall–Kier alpha value is -2.24. The molecule has 0 bridgehead atoms. The third kappa shape index (κ3) is 3.65. The maximum atomic E-state index is 12.1. The van der Waals surface area contributed by atoms with Gasteiger partial charge in [-0.15, -0.1) is 0 Å². The van der Waals surface area contributed by atoms with Gasteiger partial charge in [0.1, 0.15) is 0 Å².